The molecule has 0 amide bonds. The fourth-order valence-corrected chi connectivity index (χ4v) is 2.18. The molecule has 0 aliphatic rings. The average Bonchev–Trinajstić information content (AvgIpc) is 2.83. The minimum absolute atomic E-state index is 0.399. The summed E-state index contributed by atoms with van der Waals surface area (Å²) >= 11 is 6.02. The van der Waals surface area contributed by atoms with Gasteiger partial charge in [-0.2, -0.15) is 0 Å². The lowest BCUT2D eigenvalue weighted by Gasteiger charge is -2.13. The third-order valence-electron chi connectivity index (χ3n) is 2.83. The third kappa shape index (κ3) is 3.39. The number of halogens is 1. The van der Waals surface area contributed by atoms with Crippen molar-refractivity contribution in [3.05, 3.63) is 29.7 Å². The van der Waals surface area contributed by atoms with Crippen LogP contribution in [-0.4, -0.2) is 26.6 Å². The maximum atomic E-state index is 6.02. The minimum atomic E-state index is 0.399. The number of hydrogen-bond acceptors (Lipinski definition) is 5. The SMILES string of the molecule is CNc1c(Cl)ncnc1NCc1nccn1CC(C)C. The largest absolute Gasteiger partial charge is 0.383 e. The van der Waals surface area contributed by atoms with Crippen molar-refractivity contribution in [2.45, 2.75) is 26.9 Å². The summed E-state index contributed by atoms with van der Waals surface area (Å²) < 4.78 is 2.14. The fourth-order valence-electron chi connectivity index (χ4n) is 1.95. The predicted molar refractivity (Wildman–Crippen MR) is 81.0 cm³/mol. The van der Waals surface area contributed by atoms with E-state index in [0.717, 1.165) is 12.4 Å². The molecule has 0 aliphatic carbocycles. The molecule has 0 aromatic carbocycles. The molecule has 2 rings (SSSR count). The molecule has 0 atom stereocenters. The fraction of sp³-hybridized carbons (Fsp3) is 0.462. The van der Waals surface area contributed by atoms with Gasteiger partial charge in [-0.15, -0.1) is 0 Å². The first-order valence-corrected chi connectivity index (χ1v) is 6.91. The van der Waals surface area contributed by atoms with Gasteiger partial charge in [0.15, 0.2) is 11.0 Å². The first-order chi connectivity index (χ1) is 9.61. The van der Waals surface area contributed by atoms with Gasteiger partial charge in [0.2, 0.25) is 0 Å². The monoisotopic (exact) mass is 294 g/mol. The topological polar surface area (TPSA) is 67.7 Å². The van der Waals surface area contributed by atoms with Crippen molar-refractivity contribution in [3.63, 3.8) is 0 Å². The van der Waals surface area contributed by atoms with Gasteiger partial charge >= 0.3 is 0 Å². The Bertz CT molecular complexity index is 566. The van der Waals surface area contributed by atoms with Crippen LogP contribution in [0.5, 0.6) is 0 Å². The van der Waals surface area contributed by atoms with E-state index < -0.39 is 0 Å². The summed E-state index contributed by atoms with van der Waals surface area (Å²) in [4.78, 5) is 12.5. The molecule has 0 fully saturated rings. The van der Waals surface area contributed by atoms with Crippen LogP contribution in [0.25, 0.3) is 0 Å². The molecule has 0 aliphatic heterocycles. The second-order valence-electron chi connectivity index (χ2n) is 4.88. The molecule has 20 heavy (non-hydrogen) atoms. The molecule has 2 aromatic heterocycles. The van der Waals surface area contributed by atoms with Crippen molar-refractivity contribution in [3.8, 4) is 0 Å². The van der Waals surface area contributed by atoms with Crippen LogP contribution in [0.4, 0.5) is 11.5 Å². The third-order valence-corrected chi connectivity index (χ3v) is 3.12. The van der Waals surface area contributed by atoms with Crippen LogP contribution in [0, 0.1) is 5.92 Å². The zero-order valence-electron chi connectivity index (χ0n) is 11.9. The van der Waals surface area contributed by atoms with Crippen molar-refractivity contribution in [1.29, 1.82) is 0 Å². The normalized spacial score (nSPS) is 10.8. The van der Waals surface area contributed by atoms with Crippen molar-refractivity contribution >= 4 is 23.1 Å². The molecule has 2 heterocycles. The van der Waals surface area contributed by atoms with E-state index >= 15 is 0 Å². The lowest BCUT2D eigenvalue weighted by atomic mass is 10.2. The van der Waals surface area contributed by atoms with Gasteiger partial charge < -0.3 is 15.2 Å². The molecule has 0 saturated heterocycles. The van der Waals surface area contributed by atoms with Crippen molar-refractivity contribution in [2.75, 3.05) is 17.7 Å². The molecule has 0 radical (unpaired) electrons. The summed E-state index contributed by atoms with van der Waals surface area (Å²) in [5.74, 6) is 2.21. The van der Waals surface area contributed by atoms with Crippen LogP contribution in [-0.2, 0) is 13.1 Å². The number of anilines is 2. The Labute approximate surface area is 123 Å². The van der Waals surface area contributed by atoms with Gasteiger partial charge in [0, 0.05) is 26.0 Å². The van der Waals surface area contributed by atoms with Crippen LogP contribution in [0.2, 0.25) is 5.15 Å². The van der Waals surface area contributed by atoms with E-state index in [1.165, 1.54) is 6.33 Å². The molecule has 0 spiro atoms. The van der Waals surface area contributed by atoms with Gasteiger partial charge in [-0.1, -0.05) is 25.4 Å². The first-order valence-electron chi connectivity index (χ1n) is 6.54. The molecule has 0 bridgehead atoms. The molecular weight excluding hydrogens is 276 g/mol. The molecule has 7 heteroatoms. The Hall–Kier alpha value is -1.82. The van der Waals surface area contributed by atoms with E-state index in [0.29, 0.717) is 29.1 Å². The highest BCUT2D eigenvalue weighted by atomic mass is 35.5. The lowest BCUT2D eigenvalue weighted by molar-refractivity contribution is 0.509. The lowest BCUT2D eigenvalue weighted by Crippen LogP contribution is -2.13. The summed E-state index contributed by atoms with van der Waals surface area (Å²) in [6.45, 7) is 5.89. The molecule has 108 valence electrons. The van der Waals surface area contributed by atoms with Crippen molar-refractivity contribution in [1.82, 2.24) is 19.5 Å². The van der Waals surface area contributed by atoms with Gasteiger partial charge in [-0.25, -0.2) is 15.0 Å². The maximum Gasteiger partial charge on any atom is 0.157 e. The summed E-state index contributed by atoms with van der Waals surface area (Å²) in [5, 5.41) is 6.63. The zero-order valence-corrected chi connectivity index (χ0v) is 12.6. The standard InChI is InChI=1S/C13H19ClN6/c1-9(2)7-20-5-4-16-10(20)6-17-13-11(15-3)12(14)18-8-19-13/h4-5,8-9,15H,6-7H2,1-3H3,(H,17,18,19). The van der Waals surface area contributed by atoms with E-state index in [4.69, 9.17) is 11.6 Å². The zero-order chi connectivity index (χ0) is 14.5. The number of hydrogen-bond donors (Lipinski definition) is 2. The number of rotatable bonds is 6. The van der Waals surface area contributed by atoms with Gasteiger partial charge in [-0.05, 0) is 5.92 Å². The smallest absolute Gasteiger partial charge is 0.157 e. The average molecular weight is 295 g/mol. The van der Waals surface area contributed by atoms with Crippen molar-refractivity contribution < 1.29 is 0 Å². The van der Waals surface area contributed by atoms with Gasteiger partial charge in [0.1, 0.15) is 17.8 Å². The number of nitrogens with one attached hydrogen (secondary N) is 2. The van der Waals surface area contributed by atoms with Gasteiger partial charge in [0.05, 0.1) is 6.54 Å². The number of nitrogens with zero attached hydrogens (tertiary/aromatic N) is 4. The molecule has 0 saturated carbocycles. The number of aromatic nitrogens is 4. The van der Waals surface area contributed by atoms with E-state index in [1.54, 1.807) is 7.05 Å². The van der Waals surface area contributed by atoms with E-state index in [1.807, 2.05) is 12.4 Å². The first kappa shape index (κ1) is 14.6. The second-order valence-corrected chi connectivity index (χ2v) is 5.24. The van der Waals surface area contributed by atoms with E-state index in [-0.39, 0.29) is 0 Å². The van der Waals surface area contributed by atoms with E-state index in [9.17, 15) is 0 Å². The van der Waals surface area contributed by atoms with Crippen LogP contribution in [0.3, 0.4) is 0 Å². The van der Waals surface area contributed by atoms with Gasteiger partial charge in [-0.3, -0.25) is 0 Å². The molecule has 0 unspecified atom stereocenters. The summed E-state index contributed by atoms with van der Waals surface area (Å²) in [5.41, 5.74) is 0.691. The maximum absolute atomic E-state index is 6.02. The number of imidazole rings is 1. The summed E-state index contributed by atoms with van der Waals surface area (Å²) in [7, 11) is 1.79. The Morgan fingerprint density at radius 3 is 2.80 bits per heavy atom. The van der Waals surface area contributed by atoms with Crippen molar-refractivity contribution in [2.24, 2.45) is 5.92 Å². The molecule has 2 aromatic rings. The highest BCUT2D eigenvalue weighted by Crippen LogP contribution is 2.25. The Morgan fingerprint density at radius 2 is 2.10 bits per heavy atom. The molecular formula is C13H19ClN6. The molecule has 6 nitrogen and oxygen atoms in total. The summed E-state index contributed by atoms with van der Waals surface area (Å²) in [6, 6.07) is 0. The Balaban J connectivity index is 2.09. The predicted octanol–water partition coefficient (Wildman–Crippen LogP) is 2.64. The second kappa shape index (κ2) is 6.56. The summed E-state index contributed by atoms with van der Waals surface area (Å²) in [6.07, 6.45) is 5.24. The Morgan fingerprint density at radius 1 is 1.30 bits per heavy atom. The quantitative estimate of drug-likeness (QED) is 0.802. The van der Waals surface area contributed by atoms with E-state index in [2.05, 4.69) is 44.0 Å². The molecule has 2 N–H and O–H groups in total. The van der Waals surface area contributed by atoms with Crippen LogP contribution in [0.1, 0.15) is 19.7 Å². The van der Waals surface area contributed by atoms with Crippen LogP contribution < -0.4 is 10.6 Å². The minimum Gasteiger partial charge on any atom is -0.383 e. The highest BCUT2D eigenvalue weighted by molar-refractivity contribution is 6.32. The van der Waals surface area contributed by atoms with Crippen LogP contribution >= 0.6 is 11.6 Å². The van der Waals surface area contributed by atoms with Gasteiger partial charge in [0.25, 0.3) is 0 Å². The van der Waals surface area contributed by atoms with Crippen LogP contribution in [0.15, 0.2) is 18.7 Å². The Kier molecular flexibility index (Phi) is 4.79. The highest BCUT2D eigenvalue weighted by Gasteiger charge is 2.10.